The first-order valence-corrected chi connectivity index (χ1v) is 6.72. The maximum Gasteiger partial charge on any atom is 0.135 e. The van der Waals surface area contributed by atoms with Crippen LogP contribution in [0.25, 0.3) is 0 Å². The third kappa shape index (κ3) is 4.72. The van der Waals surface area contributed by atoms with Crippen molar-refractivity contribution in [3.05, 3.63) is 35.9 Å². The van der Waals surface area contributed by atoms with Crippen LogP contribution in [0, 0.1) is 5.92 Å². The molecule has 0 spiro atoms. The van der Waals surface area contributed by atoms with Crippen LogP contribution < -0.4 is 0 Å². The molecule has 17 heavy (non-hydrogen) atoms. The third-order valence-electron chi connectivity index (χ3n) is 3.39. The van der Waals surface area contributed by atoms with Crippen LogP contribution in [0.1, 0.15) is 57.9 Å². The van der Waals surface area contributed by atoms with Crippen LogP contribution >= 0.6 is 0 Å². The van der Waals surface area contributed by atoms with Crippen LogP contribution in [0.2, 0.25) is 0 Å². The summed E-state index contributed by atoms with van der Waals surface area (Å²) in [4.78, 5) is 10.8. The van der Waals surface area contributed by atoms with Gasteiger partial charge in [0.15, 0.2) is 0 Å². The second-order valence-electron chi connectivity index (χ2n) is 5.03. The van der Waals surface area contributed by atoms with Crippen molar-refractivity contribution >= 4 is 5.78 Å². The number of rotatable bonds is 2. The molecule has 1 unspecified atom stereocenters. The molecule has 0 radical (unpaired) electrons. The first-order valence-electron chi connectivity index (χ1n) is 6.72. The van der Waals surface area contributed by atoms with Crippen molar-refractivity contribution in [2.75, 3.05) is 0 Å². The molecular weight excluding hydrogens is 208 g/mol. The van der Waals surface area contributed by atoms with E-state index in [2.05, 4.69) is 45.0 Å². The number of ketones is 1. The van der Waals surface area contributed by atoms with Crippen LogP contribution in [0.3, 0.4) is 0 Å². The zero-order valence-corrected chi connectivity index (χ0v) is 11.3. The normalized spacial score (nSPS) is 19.1. The molecule has 94 valence electrons. The molecule has 1 fully saturated rings. The molecule has 1 nitrogen and oxygen atoms in total. The summed E-state index contributed by atoms with van der Waals surface area (Å²) in [5.41, 5.74) is 1.41. The van der Waals surface area contributed by atoms with Gasteiger partial charge in [-0.1, -0.05) is 51.1 Å². The highest BCUT2D eigenvalue weighted by atomic mass is 16.1. The fourth-order valence-electron chi connectivity index (χ4n) is 2.16. The van der Waals surface area contributed by atoms with E-state index in [1.54, 1.807) is 0 Å². The number of hydrogen-bond donors (Lipinski definition) is 0. The van der Waals surface area contributed by atoms with Gasteiger partial charge in [0.2, 0.25) is 0 Å². The Morgan fingerprint density at radius 3 is 2.18 bits per heavy atom. The van der Waals surface area contributed by atoms with Crippen molar-refractivity contribution < 1.29 is 4.79 Å². The van der Waals surface area contributed by atoms with Crippen LogP contribution in [0.4, 0.5) is 0 Å². The van der Waals surface area contributed by atoms with Gasteiger partial charge in [-0.05, 0) is 30.7 Å². The van der Waals surface area contributed by atoms with E-state index in [1.807, 2.05) is 6.07 Å². The van der Waals surface area contributed by atoms with E-state index in [0.29, 0.717) is 17.6 Å². The van der Waals surface area contributed by atoms with E-state index in [0.717, 1.165) is 25.7 Å². The number of benzene rings is 1. The van der Waals surface area contributed by atoms with Gasteiger partial charge in [-0.15, -0.1) is 0 Å². The second-order valence-corrected chi connectivity index (χ2v) is 5.03. The largest absolute Gasteiger partial charge is 0.299 e. The highest BCUT2D eigenvalue weighted by Gasteiger charge is 2.21. The third-order valence-corrected chi connectivity index (χ3v) is 3.39. The first kappa shape index (κ1) is 14.0. The summed E-state index contributed by atoms with van der Waals surface area (Å²) in [6, 6.07) is 10.5. The minimum absolute atomic E-state index is 0.426. The maximum absolute atomic E-state index is 10.8. The van der Waals surface area contributed by atoms with Gasteiger partial charge in [0.1, 0.15) is 5.78 Å². The molecule has 0 amide bonds. The Bertz CT molecular complexity index is 327. The van der Waals surface area contributed by atoms with E-state index in [9.17, 15) is 4.79 Å². The number of hydrogen-bond acceptors (Lipinski definition) is 1. The predicted octanol–water partition coefficient (Wildman–Crippen LogP) is 4.58. The molecule has 1 aliphatic carbocycles. The molecule has 1 heteroatoms. The van der Waals surface area contributed by atoms with Gasteiger partial charge in [-0.2, -0.15) is 0 Å². The lowest BCUT2D eigenvalue weighted by molar-refractivity contribution is -0.120. The van der Waals surface area contributed by atoms with Gasteiger partial charge in [0, 0.05) is 12.3 Å². The summed E-state index contributed by atoms with van der Waals surface area (Å²) < 4.78 is 0. The van der Waals surface area contributed by atoms with Crippen molar-refractivity contribution in [1.29, 1.82) is 0 Å². The molecule has 1 aromatic rings. The summed E-state index contributed by atoms with van der Waals surface area (Å²) in [6.45, 7) is 6.50. The second kappa shape index (κ2) is 7.26. The quantitative estimate of drug-likeness (QED) is 0.729. The fourth-order valence-corrected chi connectivity index (χ4v) is 2.16. The SMILES string of the molecule is CC(C)c1ccccc1.CCC1CCCC1=O. The number of Topliss-reactive ketones (excluding diaryl/α,β-unsaturated/α-hetero) is 1. The Morgan fingerprint density at radius 1 is 1.24 bits per heavy atom. The summed E-state index contributed by atoms with van der Waals surface area (Å²) in [5, 5.41) is 0. The Balaban J connectivity index is 0.000000171. The number of carbonyl (C=O) groups excluding carboxylic acids is 1. The highest BCUT2D eigenvalue weighted by Crippen LogP contribution is 2.23. The molecule has 1 aromatic carbocycles. The zero-order valence-electron chi connectivity index (χ0n) is 11.3. The van der Waals surface area contributed by atoms with Crippen molar-refractivity contribution in [2.45, 2.75) is 52.4 Å². The van der Waals surface area contributed by atoms with Gasteiger partial charge in [0.25, 0.3) is 0 Å². The van der Waals surface area contributed by atoms with Crippen LogP contribution in [0.5, 0.6) is 0 Å². The monoisotopic (exact) mass is 232 g/mol. The molecule has 0 aliphatic heterocycles. The molecular formula is C16H24O. The summed E-state index contributed by atoms with van der Waals surface area (Å²) in [7, 11) is 0. The zero-order chi connectivity index (χ0) is 12.7. The number of carbonyl (C=O) groups is 1. The molecule has 1 saturated carbocycles. The Morgan fingerprint density at radius 2 is 1.88 bits per heavy atom. The lowest BCUT2D eigenvalue weighted by atomic mass is 10.0. The Hall–Kier alpha value is -1.11. The topological polar surface area (TPSA) is 17.1 Å². The molecule has 0 aromatic heterocycles. The lowest BCUT2D eigenvalue weighted by Gasteiger charge is -2.01. The molecule has 0 N–H and O–H groups in total. The predicted molar refractivity (Wildman–Crippen MR) is 73.2 cm³/mol. The van der Waals surface area contributed by atoms with E-state index < -0.39 is 0 Å². The van der Waals surface area contributed by atoms with E-state index >= 15 is 0 Å². The Kier molecular flexibility index (Phi) is 5.96. The maximum atomic E-state index is 10.8. The molecule has 0 saturated heterocycles. The van der Waals surface area contributed by atoms with Crippen LogP contribution in [-0.2, 0) is 4.79 Å². The van der Waals surface area contributed by atoms with E-state index in [4.69, 9.17) is 0 Å². The molecule has 1 aliphatic rings. The van der Waals surface area contributed by atoms with Crippen molar-refractivity contribution in [1.82, 2.24) is 0 Å². The summed E-state index contributed by atoms with van der Waals surface area (Å²) >= 11 is 0. The lowest BCUT2D eigenvalue weighted by Crippen LogP contribution is -2.03. The van der Waals surface area contributed by atoms with Gasteiger partial charge in [-0.25, -0.2) is 0 Å². The fraction of sp³-hybridized carbons (Fsp3) is 0.562. The van der Waals surface area contributed by atoms with Crippen molar-refractivity contribution in [3.63, 3.8) is 0 Å². The smallest absolute Gasteiger partial charge is 0.135 e. The standard InChI is InChI=1S/C9H12.C7H12O/c1-8(2)9-6-4-3-5-7-9;1-2-6-4-3-5-7(6)8/h3-8H,1-2H3;6H,2-5H2,1H3. The minimum Gasteiger partial charge on any atom is -0.299 e. The minimum atomic E-state index is 0.426. The molecule has 1 atom stereocenters. The van der Waals surface area contributed by atoms with Gasteiger partial charge < -0.3 is 0 Å². The highest BCUT2D eigenvalue weighted by molar-refractivity contribution is 5.82. The Labute approximate surface area is 105 Å². The molecule has 0 heterocycles. The van der Waals surface area contributed by atoms with Gasteiger partial charge >= 0.3 is 0 Å². The van der Waals surface area contributed by atoms with E-state index in [1.165, 1.54) is 5.56 Å². The molecule has 2 rings (SSSR count). The van der Waals surface area contributed by atoms with Crippen molar-refractivity contribution in [2.24, 2.45) is 5.92 Å². The average Bonchev–Trinajstić information content (AvgIpc) is 2.76. The van der Waals surface area contributed by atoms with E-state index in [-0.39, 0.29) is 0 Å². The first-order chi connectivity index (χ1) is 8.15. The van der Waals surface area contributed by atoms with Crippen LogP contribution in [-0.4, -0.2) is 5.78 Å². The van der Waals surface area contributed by atoms with Gasteiger partial charge in [-0.3, -0.25) is 4.79 Å². The molecule has 0 bridgehead atoms. The van der Waals surface area contributed by atoms with Crippen LogP contribution in [0.15, 0.2) is 30.3 Å². The van der Waals surface area contributed by atoms with Crippen molar-refractivity contribution in [3.8, 4) is 0 Å². The van der Waals surface area contributed by atoms with Gasteiger partial charge in [0.05, 0.1) is 0 Å². The average molecular weight is 232 g/mol. The summed E-state index contributed by atoms with van der Waals surface area (Å²) in [5.74, 6) is 1.58. The summed E-state index contributed by atoms with van der Waals surface area (Å²) in [6.07, 6.45) is 4.18.